The number of methoxy groups -OCH3 is 1. The number of hydrogen-bond acceptors (Lipinski definition) is 7. The fourth-order valence-electron chi connectivity index (χ4n) is 2.84. The number of hydrazone groups is 1. The molecule has 3 aromatic rings. The Labute approximate surface area is 197 Å². The number of amides is 1. The summed E-state index contributed by atoms with van der Waals surface area (Å²) in [6, 6.07) is 18.5. The number of nitrogens with zero attached hydrogens (tertiary/aromatic N) is 1. The van der Waals surface area contributed by atoms with Crippen LogP contribution in [0.15, 0.2) is 82.8 Å². The molecule has 1 amide bonds. The predicted molar refractivity (Wildman–Crippen MR) is 128 cm³/mol. The van der Waals surface area contributed by atoms with E-state index in [4.69, 9.17) is 4.74 Å². The second-order valence-corrected chi connectivity index (χ2v) is 8.58. The summed E-state index contributed by atoms with van der Waals surface area (Å²) in [5, 5.41) is 3.89. The second-order valence-electron chi connectivity index (χ2n) is 6.90. The number of anilines is 1. The second kappa shape index (κ2) is 11.1. The van der Waals surface area contributed by atoms with Crippen molar-refractivity contribution in [1.82, 2.24) is 5.43 Å². The molecule has 0 saturated carbocycles. The molecule has 0 aromatic heterocycles. The van der Waals surface area contributed by atoms with Crippen LogP contribution in [0.4, 0.5) is 5.69 Å². The molecule has 3 rings (SSSR count). The first-order chi connectivity index (χ1) is 16.3. The monoisotopic (exact) mass is 481 g/mol. The lowest BCUT2D eigenvalue weighted by molar-refractivity contribution is 0.0600. The molecule has 0 aliphatic carbocycles. The highest BCUT2D eigenvalue weighted by atomic mass is 32.2. The molecule has 176 valence electrons. The van der Waals surface area contributed by atoms with Gasteiger partial charge in [-0.25, -0.2) is 18.6 Å². The van der Waals surface area contributed by atoms with Crippen LogP contribution in [-0.2, 0) is 14.8 Å². The zero-order valence-corrected chi connectivity index (χ0v) is 19.3. The number of esters is 1. The van der Waals surface area contributed by atoms with Crippen molar-refractivity contribution in [3.8, 4) is 5.75 Å². The van der Waals surface area contributed by atoms with Crippen LogP contribution in [0.5, 0.6) is 5.75 Å². The van der Waals surface area contributed by atoms with Crippen LogP contribution in [0.1, 0.15) is 33.2 Å². The molecule has 0 unspecified atom stereocenters. The number of benzene rings is 3. The van der Waals surface area contributed by atoms with Gasteiger partial charge in [-0.15, -0.1) is 0 Å². The summed E-state index contributed by atoms with van der Waals surface area (Å²) in [5.41, 5.74) is 4.07. The van der Waals surface area contributed by atoms with E-state index >= 15 is 0 Å². The standard InChI is InChI=1S/C24H23N3O6S/c1-3-33-21-12-14-22(15-13-21)34(30,31)27-20-10-8-18(9-11-20)23(28)26-25-16-17-4-6-19(7-5-17)24(29)32-2/h4-16,27H,3H2,1-2H3,(H,26,28)/b25-16-. The molecule has 0 aliphatic rings. The van der Waals surface area contributed by atoms with Gasteiger partial charge in [0, 0.05) is 11.3 Å². The summed E-state index contributed by atoms with van der Waals surface area (Å²) >= 11 is 0. The minimum Gasteiger partial charge on any atom is -0.494 e. The highest BCUT2D eigenvalue weighted by molar-refractivity contribution is 7.92. The van der Waals surface area contributed by atoms with Crippen molar-refractivity contribution in [2.75, 3.05) is 18.4 Å². The van der Waals surface area contributed by atoms with Crippen LogP contribution >= 0.6 is 0 Å². The summed E-state index contributed by atoms with van der Waals surface area (Å²) in [6.45, 7) is 2.33. The molecule has 3 aromatic carbocycles. The molecule has 0 fully saturated rings. The number of nitrogens with one attached hydrogen (secondary N) is 2. The van der Waals surface area contributed by atoms with Crippen LogP contribution in [0, 0.1) is 0 Å². The van der Waals surface area contributed by atoms with Gasteiger partial charge >= 0.3 is 5.97 Å². The first-order valence-corrected chi connectivity index (χ1v) is 11.7. The van der Waals surface area contributed by atoms with Crippen molar-refractivity contribution >= 4 is 33.8 Å². The Balaban J connectivity index is 1.58. The molecule has 2 N–H and O–H groups in total. The summed E-state index contributed by atoms with van der Waals surface area (Å²) < 4.78 is 37.6. The van der Waals surface area contributed by atoms with Crippen molar-refractivity contribution in [2.45, 2.75) is 11.8 Å². The van der Waals surface area contributed by atoms with Gasteiger partial charge in [-0.05, 0) is 73.2 Å². The number of sulfonamides is 1. The van der Waals surface area contributed by atoms with Crippen molar-refractivity contribution in [3.05, 3.63) is 89.5 Å². The summed E-state index contributed by atoms with van der Waals surface area (Å²) in [4.78, 5) is 23.8. The Morgan fingerprint density at radius 2 is 1.53 bits per heavy atom. The molecule has 0 bridgehead atoms. The maximum Gasteiger partial charge on any atom is 0.337 e. The van der Waals surface area contributed by atoms with Gasteiger partial charge in [-0.3, -0.25) is 9.52 Å². The maximum atomic E-state index is 12.6. The van der Waals surface area contributed by atoms with Crippen molar-refractivity contribution in [1.29, 1.82) is 0 Å². The fraction of sp³-hybridized carbons (Fsp3) is 0.125. The Morgan fingerprint density at radius 1 is 0.912 bits per heavy atom. The van der Waals surface area contributed by atoms with Crippen LogP contribution in [0.25, 0.3) is 0 Å². The number of carbonyl (C=O) groups excluding carboxylic acids is 2. The Kier molecular flexibility index (Phi) is 7.99. The normalized spacial score (nSPS) is 11.1. The number of ether oxygens (including phenoxy) is 2. The molecular weight excluding hydrogens is 458 g/mol. The lowest BCUT2D eigenvalue weighted by atomic mass is 10.1. The summed E-state index contributed by atoms with van der Waals surface area (Å²) in [7, 11) is -2.49. The third-order valence-electron chi connectivity index (χ3n) is 4.56. The van der Waals surface area contributed by atoms with Gasteiger partial charge in [-0.2, -0.15) is 5.10 Å². The molecule has 0 atom stereocenters. The van der Waals surface area contributed by atoms with E-state index < -0.39 is 21.9 Å². The van der Waals surface area contributed by atoms with Crippen LogP contribution in [-0.4, -0.2) is 40.2 Å². The van der Waals surface area contributed by atoms with Gasteiger partial charge in [0.1, 0.15) is 5.75 Å². The zero-order valence-electron chi connectivity index (χ0n) is 18.5. The van der Waals surface area contributed by atoms with Gasteiger partial charge in [0.05, 0.1) is 30.4 Å². The quantitative estimate of drug-likeness (QED) is 0.274. The van der Waals surface area contributed by atoms with Gasteiger partial charge in [-0.1, -0.05) is 12.1 Å². The molecule has 0 saturated heterocycles. The largest absolute Gasteiger partial charge is 0.494 e. The van der Waals surface area contributed by atoms with E-state index in [2.05, 4.69) is 20.0 Å². The van der Waals surface area contributed by atoms with E-state index in [-0.39, 0.29) is 4.90 Å². The average Bonchev–Trinajstić information content (AvgIpc) is 2.84. The summed E-state index contributed by atoms with van der Waals surface area (Å²) in [6.07, 6.45) is 1.43. The fourth-order valence-corrected chi connectivity index (χ4v) is 3.90. The summed E-state index contributed by atoms with van der Waals surface area (Å²) in [5.74, 6) is -0.331. The van der Waals surface area contributed by atoms with E-state index in [1.165, 1.54) is 49.7 Å². The molecule has 0 radical (unpaired) electrons. The first-order valence-electron chi connectivity index (χ1n) is 10.2. The zero-order chi connectivity index (χ0) is 24.6. The van der Waals surface area contributed by atoms with Gasteiger partial charge in [0.25, 0.3) is 15.9 Å². The highest BCUT2D eigenvalue weighted by Crippen LogP contribution is 2.19. The Morgan fingerprint density at radius 3 is 2.12 bits per heavy atom. The predicted octanol–water partition coefficient (Wildman–Crippen LogP) is 3.44. The topological polar surface area (TPSA) is 123 Å². The van der Waals surface area contributed by atoms with Crippen LogP contribution in [0.3, 0.4) is 0 Å². The van der Waals surface area contributed by atoms with Crippen LogP contribution in [0.2, 0.25) is 0 Å². The number of hydrogen-bond donors (Lipinski definition) is 2. The number of rotatable bonds is 9. The van der Waals surface area contributed by atoms with E-state index in [0.29, 0.717) is 34.7 Å². The van der Waals surface area contributed by atoms with E-state index in [1.807, 2.05) is 6.92 Å². The van der Waals surface area contributed by atoms with Crippen molar-refractivity contribution in [2.24, 2.45) is 5.10 Å². The SMILES string of the molecule is CCOc1ccc(S(=O)(=O)Nc2ccc(C(=O)N/N=C\c3ccc(C(=O)OC)cc3)cc2)cc1. The lowest BCUT2D eigenvalue weighted by Crippen LogP contribution is -2.18. The van der Waals surface area contributed by atoms with Gasteiger partial charge in [0.15, 0.2) is 0 Å². The van der Waals surface area contributed by atoms with Gasteiger partial charge in [0.2, 0.25) is 0 Å². The molecule has 9 nitrogen and oxygen atoms in total. The molecule has 0 spiro atoms. The Bertz CT molecular complexity index is 1270. The first kappa shape index (κ1) is 24.5. The average molecular weight is 482 g/mol. The molecule has 0 aliphatic heterocycles. The van der Waals surface area contributed by atoms with E-state index in [0.717, 1.165) is 0 Å². The third-order valence-corrected chi connectivity index (χ3v) is 5.95. The smallest absolute Gasteiger partial charge is 0.337 e. The minimum absolute atomic E-state index is 0.0896. The molecule has 0 heterocycles. The lowest BCUT2D eigenvalue weighted by Gasteiger charge is -2.09. The van der Waals surface area contributed by atoms with Crippen molar-refractivity contribution in [3.63, 3.8) is 0 Å². The van der Waals surface area contributed by atoms with Crippen LogP contribution < -0.4 is 14.9 Å². The van der Waals surface area contributed by atoms with E-state index in [9.17, 15) is 18.0 Å². The maximum absolute atomic E-state index is 12.6. The van der Waals surface area contributed by atoms with E-state index in [1.54, 1.807) is 36.4 Å². The number of carbonyl (C=O) groups is 2. The molecule has 10 heteroatoms. The highest BCUT2D eigenvalue weighted by Gasteiger charge is 2.15. The third kappa shape index (κ3) is 6.42. The van der Waals surface area contributed by atoms with Gasteiger partial charge < -0.3 is 9.47 Å². The Hall–Kier alpha value is -4.18. The minimum atomic E-state index is -3.79. The molecular formula is C24H23N3O6S. The van der Waals surface area contributed by atoms with Crippen molar-refractivity contribution < 1.29 is 27.5 Å². The molecule has 34 heavy (non-hydrogen) atoms.